The van der Waals surface area contributed by atoms with Crippen molar-refractivity contribution in [1.29, 1.82) is 0 Å². The third-order valence-corrected chi connectivity index (χ3v) is 3.43. The molecule has 1 N–H and O–H groups in total. The number of aromatic nitrogens is 1. The molecule has 3 rings (SSSR count). The number of hydrogen-bond acceptors (Lipinski definition) is 4. The molecule has 5 heteroatoms. The molecule has 2 aromatic heterocycles. The van der Waals surface area contributed by atoms with Gasteiger partial charge in [0.1, 0.15) is 6.26 Å². The number of nitrogens with one attached hydrogen (secondary N) is 1. The van der Waals surface area contributed by atoms with Crippen molar-refractivity contribution >= 4 is 5.91 Å². The number of amides is 1. The molecule has 0 radical (unpaired) electrons. The Morgan fingerprint density at radius 2 is 1.96 bits per heavy atom. The SMILES string of the molecule is O=C(NCCOCc1ccccc1)c1cc(-c2ccccn2)co1. The van der Waals surface area contributed by atoms with E-state index in [1.165, 1.54) is 6.26 Å². The summed E-state index contributed by atoms with van der Waals surface area (Å²) in [5.74, 6) is -0.000736. The topological polar surface area (TPSA) is 64.4 Å². The monoisotopic (exact) mass is 322 g/mol. The Labute approximate surface area is 140 Å². The van der Waals surface area contributed by atoms with E-state index >= 15 is 0 Å². The summed E-state index contributed by atoms with van der Waals surface area (Å²) in [5, 5.41) is 2.77. The van der Waals surface area contributed by atoms with Gasteiger partial charge in [-0.1, -0.05) is 36.4 Å². The van der Waals surface area contributed by atoms with Crippen LogP contribution in [0.2, 0.25) is 0 Å². The van der Waals surface area contributed by atoms with E-state index in [-0.39, 0.29) is 11.7 Å². The average Bonchev–Trinajstić information content (AvgIpc) is 3.13. The number of furan rings is 1. The summed E-state index contributed by atoms with van der Waals surface area (Å²) in [6.07, 6.45) is 3.23. The van der Waals surface area contributed by atoms with Gasteiger partial charge in [0.05, 0.1) is 18.9 Å². The highest BCUT2D eigenvalue weighted by Gasteiger charge is 2.12. The molecular weight excluding hydrogens is 304 g/mol. The molecule has 0 spiro atoms. The fourth-order valence-corrected chi connectivity index (χ4v) is 2.21. The van der Waals surface area contributed by atoms with Gasteiger partial charge >= 0.3 is 0 Å². The van der Waals surface area contributed by atoms with Crippen LogP contribution in [0.15, 0.2) is 71.5 Å². The van der Waals surface area contributed by atoms with Crippen molar-refractivity contribution in [2.45, 2.75) is 6.61 Å². The van der Waals surface area contributed by atoms with Crippen molar-refractivity contribution in [2.24, 2.45) is 0 Å². The van der Waals surface area contributed by atoms with Gasteiger partial charge in [-0.05, 0) is 23.8 Å². The molecule has 2 heterocycles. The van der Waals surface area contributed by atoms with Gasteiger partial charge in [-0.25, -0.2) is 0 Å². The molecule has 24 heavy (non-hydrogen) atoms. The standard InChI is InChI=1S/C19H18N2O3/c22-19(21-10-11-23-13-15-6-2-1-3-7-15)18-12-16(14-24-18)17-8-4-5-9-20-17/h1-9,12,14H,10-11,13H2,(H,21,22). The van der Waals surface area contributed by atoms with Gasteiger partial charge in [-0.2, -0.15) is 0 Å². The molecule has 3 aromatic rings. The lowest BCUT2D eigenvalue weighted by atomic mass is 10.2. The highest BCUT2D eigenvalue weighted by molar-refractivity contribution is 5.92. The van der Waals surface area contributed by atoms with E-state index in [1.54, 1.807) is 12.3 Å². The third-order valence-electron chi connectivity index (χ3n) is 3.43. The minimum absolute atomic E-state index is 0.263. The first-order valence-electron chi connectivity index (χ1n) is 7.73. The minimum Gasteiger partial charge on any atom is -0.458 e. The second-order valence-electron chi connectivity index (χ2n) is 5.21. The molecule has 5 nitrogen and oxygen atoms in total. The lowest BCUT2D eigenvalue weighted by Crippen LogP contribution is -2.26. The summed E-state index contributed by atoms with van der Waals surface area (Å²) in [6.45, 7) is 1.39. The second kappa shape index (κ2) is 8.08. The lowest BCUT2D eigenvalue weighted by molar-refractivity contribution is 0.0875. The maximum Gasteiger partial charge on any atom is 0.287 e. The zero-order valence-electron chi connectivity index (χ0n) is 13.1. The van der Waals surface area contributed by atoms with Crippen LogP contribution in [0.25, 0.3) is 11.3 Å². The van der Waals surface area contributed by atoms with Gasteiger partial charge in [-0.15, -0.1) is 0 Å². The summed E-state index contributed by atoms with van der Waals surface area (Å²) in [6, 6.07) is 17.2. The van der Waals surface area contributed by atoms with E-state index in [9.17, 15) is 4.79 Å². The molecule has 0 bridgehead atoms. The highest BCUT2D eigenvalue weighted by atomic mass is 16.5. The normalized spacial score (nSPS) is 10.5. The summed E-state index contributed by atoms with van der Waals surface area (Å²) in [7, 11) is 0. The number of benzene rings is 1. The Balaban J connectivity index is 1.43. The average molecular weight is 322 g/mol. The summed E-state index contributed by atoms with van der Waals surface area (Å²) in [4.78, 5) is 16.3. The van der Waals surface area contributed by atoms with E-state index < -0.39 is 0 Å². The van der Waals surface area contributed by atoms with Crippen LogP contribution in [-0.4, -0.2) is 24.0 Å². The van der Waals surface area contributed by atoms with Crippen LogP contribution >= 0.6 is 0 Å². The van der Waals surface area contributed by atoms with Crippen LogP contribution < -0.4 is 5.32 Å². The molecule has 0 aliphatic carbocycles. The van der Waals surface area contributed by atoms with Gasteiger partial charge in [0.15, 0.2) is 5.76 Å². The van der Waals surface area contributed by atoms with Crippen molar-refractivity contribution in [2.75, 3.05) is 13.2 Å². The van der Waals surface area contributed by atoms with Crippen LogP contribution in [0.4, 0.5) is 0 Å². The largest absolute Gasteiger partial charge is 0.458 e. The Hall–Kier alpha value is -2.92. The molecule has 1 amide bonds. The maximum atomic E-state index is 12.0. The first-order chi connectivity index (χ1) is 11.8. The predicted octanol–water partition coefficient (Wildman–Crippen LogP) is 3.29. The number of rotatable bonds is 7. The van der Waals surface area contributed by atoms with Crippen LogP contribution in [0.5, 0.6) is 0 Å². The first kappa shape index (κ1) is 16.0. The zero-order valence-corrected chi connectivity index (χ0v) is 13.1. The van der Waals surface area contributed by atoms with Gasteiger partial charge in [0, 0.05) is 18.3 Å². The molecule has 0 unspecified atom stereocenters. The highest BCUT2D eigenvalue weighted by Crippen LogP contribution is 2.19. The molecule has 0 aliphatic heterocycles. The molecule has 0 saturated heterocycles. The van der Waals surface area contributed by atoms with E-state index in [0.717, 1.165) is 16.8 Å². The Bertz CT molecular complexity index is 770. The number of carbonyl (C=O) groups is 1. The summed E-state index contributed by atoms with van der Waals surface area (Å²) >= 11 is 0. The predicted molar refractivity (Wildman–Crippen MR) is 90.4 cm³/mol. The maximum absolute atomic E-state index is 12.0. The fourth-order valence-electron chi connectivity index (χ4n) is 2.21. The zero-order chi connectivity index (χ0) is 16.6. The van der Waals surface area contributed by atoms with Crippen molar-refractivity contribution in [3.8, 4) is 11.3 Å². The molecular formula is C19H18N2O3. The van der Waals surface area contributed by atoms with Crippen molar-refractivity contribution < 1.29 is 13.9 Å². The van der Waals surface area contributed by atoms with E-state index in [4.69, 9.17) is 9.15 Å². The number of carbonyl (C=O) groups excluding carboxylic acids is 1. The fraction of sp³-hybridized carbons (Fsp3) is 0.158. The molecule has 0 saturated carbocycles. The number of pyridine rings is 1. The van der Waals surface area contributed by atoms with Crippen molar-refractivity contribution in [3.63, 3.8) is 0 Å². The number of ether oxygens (including phenoxy) is 1. The molecule has 1 aromatic carbocycles. The van der Waals surface area contributed by atoms with Crippen molar-refractivity contribution in [3.05, 3.63) is 78.4 Å². The Morgan fingerprint density at radius 3 is 2.75 bits per heavy atom. The van der Waals surface area contributed by atoms with Crippen molar-refractivity contribution in [1.82, 2.24) is 10.3 Å². The van der Waals surface area contributed by atoms with Crippen LogP contribution in [0.1, 0.15) is 16.1 Å². The summed E-state index contributed by atoms with van der Waals surface area (Å²) in [5.41, 5.74) is 2.66. The Morgan fingerprint density at radius 1 is 1.12 bits per heavy atom. The molecule has 0 atom stereocenters. The van der Waals surface area contributed by atoms with Gasteiger partial charge in [0.2, 0.25) is 0 Å². The second-order valence-corrected chi connectivity index (χ2v) is 5.21. The molecule has 0 fully saturated rings. The third kappa shape index (κ3) is 4.30. The van der Waals surface area contributed by atoms with E-state index in [0.29, 0.717) is 19.8 Å². The lowest BCUT2D eigenvalue weighted by Gasteiger charge is -2.05. The first-order valence-corrected chi connectivity index (χ1v) is 7.73. The summed E-state index contributed by atoms with van der Waals surface area (Å²) < 4.78 is 10.8. The number of hydrogen-bond donors (Lipinski definition) is 1. The van der Waals surface area contributed by atoms with Gasteiger partial charge in [0.25, 0.3) is 5.91 Å². The van der Waals surface area contributed by atoms with Crippen LogP contribution in [-0.2, 0) is 11.3 Å². The molecule has 0 aliphatic rings. The van der Waals surface area contributed by atoms with Gasteiger partial charge in [-0.3, -0.25) is 9.78 Å². The number of nitrogens with zero attached hydrogens (tertiary/aromatic N) is 1. The van der Waals surface area contributed by atoms with E-state index in [2.05, 4.69) is 10.3 Å². The van der Waals surface area contributed by atoms with Crippen LogP contribution in [0.3, 0.4) is 0 Å². The molecule has 122 valence electrons. The quantitative estimate of drug-likeness (QED) is 0.678. The Kier molecular flexibility index (Phi) is 5.37. The smallest absolute Gasteiger partial charge is 0.287 e. The van der Waals surface area contributed by atoms with Crippen LogP contribution in [0, 0.1) is 0 Å². The minimum atomic E-state index is -0.263. The van der Waals surface area contributed by atoms with E-state index in [1.807, 2.05) is 48.5 Å². The van der Waals surface area contributed by atoms with Gasteiger partial charge < -0.3 is 14.5 Å².